The molecule has 1 saturated heterocycles. The third-order valence-corrected chi connectivity index (χ3v) is 4.63. The molecule has 1 heterocycles. The number of halogens is 1. The Hall–Kier alpha value is -0.770. The molecule has 2 fully saturated rings. The first-order chi connectivity index (χ1) is 9.78. The SMILES string of the molecule is COC1CCN(c2c(Cl)cccc2CNC2CC2)CC1. The molecular weight excluding hydrogens is 272 g/mol. The van der Waals surface area contributed by atoms with E-state index in [0.717, 1.165) is 43.5 Å². The van der Waals surface area contributed by atoms with Gasteiger partial charge in [-0.25, -0.2) is 0 Å². The van der Waals surface area contributed by atoms with Crippen molar-refractivity contribution in [3.63, 3.8) is 0 Å². The maximum Gasteiger partial charge on any atom is 0.0642 e. The number of anilines is 1. The van der Waals surface area contributed by atoms with E-state index in [0.29, 0.717) is 6.10 Å². The number of piperidine rings is 1. The summed E-state index contributed by atoms with van der Waals surface area (Å²) >= 11 is 6.46. The minimum atomic E-state index is 0.404. The van der Waals surface area contributed by atoms with Crippen LogP contribution in [0.1, 0.15) is 31.2 Å². The number of nitrogens with one attached hydrogen (secondary N) is 1. The van der Waals surface area contributed by atoms with Gasteiger partial charge in [0.15, 0.2) is 0 Å². The molecule has 0 atom stereocenters. The molecular formula is C16H23ClN2O. The molecule has 1 aliphatic heterocycles. The summed E-state index contributed by atoms with van der Waals surface area (Å²) in [5.74, 6) is 0. The Morgan fingerprint density at radius 3 is 2.65 bits per heavy atom. The summed E-state index contributed by atoms with van der Waals surface area (Å²) in [7, 11) is 1.81. The van der Waals surface area contributed by atoms with E-state index >= 15 is 0 Å². The summed E-state index contributed by atoms with van der Waals surface area (Å²) in [4.78, 5) is 2.42. The van der Waals surface area contributed by atoms with Crippen LogP contribution in [0, 0.1) is 0 Å². The lowest BCUT2D eigenvalue weighted by molar-refractivity contribution is 0.0819. The molecule has 1 aliphatic carbocycles. The van der Waals surface area contributed by atoms with E-state index in [1.165, 1.54) is 24.1 Å². The van der Waals surface area contributed by atoms with Gasteiger partial charge < -0.3 is 15.0 Å². The fourth-order valence-corrected chi connectivity index (χ4v) is 3.23. The zero-order valence-electron chi connectivity index (χ0n) is 12.1. The molecule has 20 heavy (non-hydrogen) atoms. The minimum Gasteiger partial charge on any atom is -0.381 e. The van der Waals surface area contributed by atoms with Gasteiger partial charge in [0.2, 0.25) is 0 Å². The fourth-order valence-electron chi connectivity index (χ4n) is 2.91. The Morgan fingerprint density at radius 1 is 1.25 bits per heavy atom. The van der Waals surface area contributed by atoms with Crippen LogP contribution in [0.3, 0.4) is 0 Å². The summed E-state index contributed by atoms with van der Waals surface area (Å²) in [5.41, 5.74) is 2.54. The Balaban J connectivity index is 1.73. The van der Waals surface area contributed by atoms with E-state index in [1.807, 2.05) is 6.07 Å². The van der Waals surface area contributed by atoms with E-state index in [4.69, 9.17) is 16.3 Å². The first kappa shape index (κ1) is 14.2. The van der Waals surface area contributed by atoms with E-state index in [1.54, 1.807) is 7.11 Å². The number of nitrogens with zero attached hydrogens (tertiary/aromatic N) is 1. The minimum absolute atomic E-state index is 0.404. The second kappa shape index (κ2) is 6.33. The second-order valence-electron chi connectivity index (χ2n) is 5.82. The summed E-state index contributed by atoms with van der Waals surface area (Å²) in [6.45, 7) is 2.97. The molecule has 1 aromatic carbocycles. The second-order valence-corrected chi connectivity index (χ2v) is 6.23. The van der Waals surface area contributed by atoms with Gasteiger partial charge in [0.25, 0.3) is 0 Å². The van der Waals surface area contributed by atoms with Gasteiger partial charge in [0.05, 0.1) is 16.8 Å². The number of hydrogen-bond acceptors (Lipinski definition) is 3. The van der Waals surface area contributed by atoms with E-state index in [2.05, 4.69) is 22.3 Å². The number of hydrogen-bond donors (Lipinski definition) is 1. The van der Waals surface area contributed by atoms with Gasteiger partial charge in [-0.15, -0.1) is 0 Å². The molecule has 3 rings (SSSR count). The Kier molecular flexibility index (Phi) is 4.49. The fraction of sp³-hybridized carbons (Fsp3) is 0.625. The maximum absolute atomic E-state index is 6.46. The smallest absolute Gasteiger partial charge is 0.0642 e. The van der Waals surface area contributed by atoms with Gasteiger partial charge in [-0.05, 0) is 37.3 Å². The van der Waals surface area contributed by atoms with Crippen LogP contribution >= 0.6 is 11.6 Å². The van der Waals surface area contributed by atoms with Crippen LogP contribution in [-0.2, 0) is 11.3 Å². The van der Waals surface area contributed by atoms with Gasteiger partial charge in [-0.1, -0.05) is 23.7 Å². The van der Waals surface area contributed by atoms with Crippen molar-refractivity contribution >= 4 is 17.3 Å². The first-order valence-electron chi connectivity index (χ1n) is 7.56. The number of benzene rings is 1. The number of para-hydroxylation sites is 1. The lowest BCUT2D eigenvalue weighted by Gasteiger charge is -2.34. The Labute approximate surface area is 126 Å². The van der Waals surface area contributed by atoms with Crippen molar-refractivity contribution in [2.75, 3.05) is 25.1 Å². The molecule has 4 heteroatoms. The van der Waals surface area contributed by atoms with Crippen molar-refractivity contribution in [3.8, 4) is 0 Å². The highest BCUT2D eigenvalue weighted by Gasteiger charge is 2.24. The molecule has 0 radical (unpaired) electrons. The zero-order chi connectivity index (χ0) is 13.9. The monoisotopic (exact) mass is 294 g/mol. The van der Waals surface area contributed by atoms with Crippen molar-refractivity contribution in [1.82, 2.24) is 5.32 Å². The van der Waals surface area contributed by atoms with E-state index < -0.39 is 0 Å². The molecule has 0 aromatic heterocycles. The molecule has 2 aliphatic rings. The van der Waals surface area contributed by atoms with Crippen LogP contribution in [0.2, 0.25) is 5.02 Å². The average molecular weight is 295 g/mol. The predicted molar refractivity (Wildman–Crippen MR) is 83.6 cm³/mol. The Bertz CT molecular complexity index is 454. The highest BCUT2D eigenvalue weighted by molar-refractivity contribution is 6.33. The van der Waals surface area contributed by atoms with Gasteiger partial charge in [0.1, 0.15) is 0 Å². The van der Waals surface area contributed by atoms with Crippen LogP contribution in [0.4, 0.5) is 5.69 Å². The van der Waals surface area contributed by atoms with Gasteiger partial charge in [-0.3, -0.25) is 0 Å². The topological polar surface area (TPSA) is 24.5 Å². The van der Waals surface area contributed by atoms with Crippen LogP contribution in [0.25, 0.3) is 0 Å². The van der Waals surface area contributed by atoms with Crippen LogP contribution in [0.15, 0.2) is 18.2 Å². The van der Waals surface area contributed by atoms with Gasteiger partial charge >= 0.3 is 0 Å². The van der Waals surface area contributed by atoms with Crippen molar-refractivity contribution in [2.24, 2.45) is 0 Å². The normalized spacial score (nSPS) is 20.4. The first-order valence-corrected chi connectivity index (χ1v) is 7.94. The van der Waals surface area contributed by atoms with Crippen LogP contribution in [-0.4, -0.2) is 32.3 Å². The molecule has 1 aromatic rings. The molecule has 1 N–H and O–H groups in total. The summed E-state index contributed by atoms with van der Waals surface area (Å²) in [6, 6.07) is 6.97. The van der Waals surface area contributed by atoms with Gasteiger partial charge in [0, 0.05) is 32.8 Å². The van der Waals surface area contributed by atoms with E-state index in [9.17, 15) is 0 Å². The third kappa shape index (κ3) is 3.27. The maximum atomic E-state index is 6.46. The van der Waals surface area contributed by atoms with Crippen LogP contribution in [0.5, 0.6) is 0 Å². The standard InChI is InChI=1S/C16H23ClN2O/c1-20-14-7-9-19(10-8-14)16-12(3-2-4-15(16)17)11-18-13-5-6-13/h2-4,13-14,18H,5-11H2,1H3. The number of methoxy groups -OCH3 is 1. The van der Waals surface area contributed by atoms with Crippen molar-refractivity contribution in [1.29, 1.82) is 0 Å². The molecule has 0 bridgehead atoms. The Morgan fingerprint density at radius 2 is 2.00 bits per heavy atom. The quantitative estimate of drug-likeness (QED) is 0.902. The third-order valence-electron chi connectivity index (χ3n) is 4.32. The average Bonchev–Trinajstić information content (AvgIpc) is 3.30. The molecule has 3 nitrogen and oxygen atoms in total. The molecule has 110 valence electrons. The van der Waals surface area contributed by atoms with Gasteiger partial charge in [-0.2, -0.15) is 0 Å². The number of ether oxygens (including phenoxy) is 1. The van der Waals surface area contributed by atoms with Crippen molar-refractivity contribution in [2.45, 2.75) is 44.4 Å². The predicted octanol–water partition coefficient (Wildman–Crippen LogP) is 3.21. The summed E-state index contributed by atoms with van der Waals surface area (Å²) in [6.07, 6.45) is 5.19. The number of rotatable bonds is 5. The molecule has 0 spiro atoms. The molecule has 1 saturated carbocycles. The lowest BCUT2D eigenvalue weighted by atomic mass is 10.0. The summed E-state index contributed by atoms with van der Waals surface area (Å²) < 4.78 is 5.45. The largest absolute Gasteiger partial charge is 0.381 e. The highest BCUT2D eigenvalue weighted by Crippen LogP contribution is 2.33. The highest BCUT2D eigenvalue weighted by atomic mass is 35.5. The zero-order valence-corrected chi connectivity index (χ0v) is 12.8. The van der Waals surface area contributed by atoms with E-state index in [-0.39, 0.29) is 0 Å². The lowest BCUT2D eigenvalue weighted by Crippen LogP contribution is -2.37. The molecule has 0 amide bonds. The summed E-state index contributed by atoms with van der Waals surface area (Å²) in [5, 5.41) is 4.46. The van der Waals surface area contributed by atoms with Crippen LogP contribution < -0.4 is 10.2 Å². The van der Waals surface area contributed by atoms with Crippen molar-refractivity contribution < 1.29 is 4.74 Å². The van der Waals surface area contributed by atoms with Crippen molar-refractivity contribution in [3.05, 3.63) is 28.8 Å². The molecule has 0 unspecified atom stereocenters.